The minimum Gasteiger partial charge on any atom is -0.349 e. The number of halogens is 2. The maximum Gasteiger partial charge on any atom is 0.225 e. The van der Waals surface area contributed by atoms with Crippen molar-refractivity contribution in [3.05, 3.63) is 70.5 Å². The third kappa shape index (κ3) is 3.81. The summed E-state index contributed by atoms with van der Waals surface area (Å²) in [5, 5.41) is 3.46. The van der Waals surface area contributed by atoms with Gasteiger partial charge in [0.2, 0.25) is 5.91 Å². The molecule has 2 aromatic carbocycles. The Morgan fingerprint density at radius 1 is 1.25 bits per heavy atom. The molecule has 0 heterocycles. The highest BCUT2D eigenvalue weighted by molar-refractivity contribution is 6.30. The number of nitrogens with one attached hydrogen (secondary N) is 1. The van der Waals surface area contributed by atoms with Gasteiger partial charge in [-0.2, -0.15) is 0 Å². The Morgan fingerprint density at radius 2 is 2.00 bits per heavy atom. The van der Waals surface area contributed by atoms with Crippen molar-refractivity contribution in [1.82, 2.24) is 5.32 Å². The van der Waals surface area contributed by atoms with E-state index < -0.39 is 0 Å². The Labute approximate surface area is 122 Å². The quantitative estimate of drug-likeness (QED) is 0.909. The highest BCUT2D eigenvalue weighted by atomic mass is 35.5. The Hall–Kier alpha value is -1.87. The summed E-state index contributed by atoms with van der Waals surface area (Å²) >= 11 is 5.91. The smallest absolute Gasteiger partial charge is 0.225 e. The Bertz CT molecular complexity index is 615. The Kier molecular flexibility index (Phi) is 4.74. The summed E-state index contributed by atoms with van der Waals surface area (Å²) in [6.07, 6.45) is 0.0254. The van der Waals surface area contributed by atoms with Crippen molar-refractivity contribution in [2.24, 2.45) is 0 Å². The minimum atomic E-state index is -0.363. The Morgan fingerprint density at radius 3 is 2.70 bits per heavy atom. The largest absolute Gasteiger partial charge is 0.349 e. The van der Waals surface area contributed by atoms with Gasteiger partial charge in [-0.25, -0.2) is 4.39 Å². The molecular weight excluding hydrogens is 277 g/mol. The highest BCUT2D eigenvalue weighted by Gasteiger charge is 2.12. The van der Waals surface area contributed by atoms with Gasteiger partial charge < -0.3 is 5.32 Å². The number of carbonyl (C=O) groups excluding carboxylic acids is 1. The van der Waals surface area contributed by atoms with Gasteiger partial charge in [-0.3, -0.25) is 4.79 Å². The van der Waals surface area contributed by atoms with Gasteiger partial charge in [0.25, 0.3) is 0 Å². The first-order valence-electron chi connectivity index (χ1n) is 6.34. The second-order valence-corrected chi connectivity index (χ2v) is 5.05. The Balaban J connectivity index is 2.00. The van der Waals surface area contributed by atoms with Crippen molar-refractivity contribution in [1.29, 1.82) is 0 Å². The van der Waals surface area contributed by atoms with E-state index in [1.807, 2.05) is 19.1 Å². The van der Waals surface area contributed by atoms with E-state index in [0.29, 0.717) is 10.6 Å². The molecule has 2 nitrogen and oxygen atoms in total. The van der Waals surface area contributed by atoms with Crippen LogP contribution >= 0.6 is 11.6 Å². The first kappa shape index (κ1) is 14.5. The lowest BCUT2D eigenvalue weighted by Crippen LogP contribution is -2.28. The normalized spacial score (nSPS) is 11.9. The van der Waals surface area contributed by atoms with Gasteiger partial charge in [-0.05, 0) is 36.2 Å². The fraction of sp³-hybridized carbons (Fsp3) is 0.188. The zero-order valence-corrected chi connectivity index (χ0v) is 11.8. The molecule has 0 unspecified atom stereocenters. The molecule has 0 aliphatic carbocycles. The molecule has 2 rings (SSSR count). The van der Waals surface area contributed by atoms with Crippen molar-refractivity contribution in [3.63, 3.8) is 0 Å². The maximum absolute atomic E-state index is 13.5. The molecule has 2 aromatic rings. The number of hydrogen-bond acceptors (Lipinski definition) is 1. The molecule has 0 aliphatic heterocycles. The molecule has 0 bridgehead atoms. The minimum absolute atomic E-state index is 0.0254. The monoisotopic (exact) mass is 291 g/mol. The molecule has 0 saturated carbocycles. The summed E-state index contributed by atoms with van der Waals surface area (Å²) in [5.41, 5.74) is 1.31. The SMILES string of the molecule is C[C@@H](NC(=O)Cc1ccccc1F)c1cccc(Cl)c1. The average Bonchev–Trinajstić information content (AvgIpc) is 2.41. The molecular formula is C16H15ClFNO. The lowest BCUT2D eigenvalue weighted by atomic mass is 10.1. The number of carbonyl (C=O) groups is 1. The third-order valence-electron chi connectivity index (χ3n) is 3.04. The van der Waals surface area contributed by atoms with Crippen molar-refractivity contribution in [3.8, 4) is 0 Å². The van der Waals surface area contributed by atoms with Crippen LogP contribution in [0.4, 0.5) is 4.39 Å². The van der Waals surface area contributed by atoms with Gasteiger partial charge in [0.1, 0.15) is 5.82 Å². The zero-order valence-electron chi connectivity index (χ0n) is 11.1. The summed E-state index contributed by atoms with van der Waals surface area (Å²) in [5.74, 6) is -0.583. The second kappa shape index (κ2) is 6.53. The number of amides is 1. The van der Waals surface area contributed by atoms with Crippen LogP contribution in [0, 0.1) is 5.82 Å². The first-order chi connectivity index (χ1) is 9.56. The van der Waals surface area contributed by atoms with Crippen LogP contribution in [0.2, 0.25) is 5.02 Å². The number of benzene rings is 2. The lowest BCUT2D eigenvalue weighted by Gasteiger charge is -2.14. The molecule has 1 atom stereocenters. The zero-order chi connectivity index (χ0) is 14.5. The van der Waals surface area contributed by atoms with Gasteiger partial charge in [0.15, 0.2) is 0 Å². The molecule has 20 heavy (non-hydrogen) atoms. The van der Waals surface area contributed by atoms with Gasteiger partial charge in [-0.15, -0.1) is 0 Å². The first-order valence-corrected chi connectivity index (χ1v) is 6.72. The van der Waals surface area contributed by atoms with Gasteiger partial charge in [0.05, 0.1) is 12.5 Å². The summed E-state index contributed by atoms with van der Waals surface area (Å²) in [7, 11) is 0. The van der Waals surface area contributed by atoms with Crippen molar-refractivity contribution in [2.75, 3.05) is 0 Å². The van der Waals surface area contributed by atoms with Gasteiger partial charge in [0, 0.05) is 5.02 Å². The van der Waals surface area contributed by atoms with Crippen LogP contribution in [0.5, 0.6) is 0 Å². The molecule has 1 amide bonds. The molecule has 0 fully saturated rings. The predicted molar refractivity (Wildman–Crippen MR) is 78.1 cm³/mol. The topological polar surface area (TPSA) is 29.1 Å². The van der Waals surface area contributed by atoms with Crippen molar-refractivity contribution < 1.29 is 9.18 Å². The molecule has 0 saturated heterocycles. The van der Waals surface area contributed by atoms with Crippen LogP contribution in [0.3, 0.4) is 0 Å². The van der Waals surface area contributed by atoms with E-state index in [2.05, 4.69) is 5.32 Å². The molecule has 0 radical (unpaired) electrons. The summed E-state index contributed by atoms with van der Waals surface area (Å²) < 4.78 is 13.5. The number of rotatable bonds is 4. The van der Waals surface area contributed by atoms with Gasteiger partial charge in [-0.1, -0.05) is 41.9 Å². The van der Waals surface area contributed by atoms with E-state index in [1.54, 1.807) is 30.3 Å². The second-order valence-electron chi connectivity index (χ2n) is 4.61. The van der Waals surface area contributed by atoms with Gasteiger partial charge >= 0.3 is 0 Å². The van der Waals surface area contributed by atoms with E-state index in [9.17, 15) is 9.18 Å². The molecule has 0 aromatic heterocycles. The van der Waals surface area contributed by atoms with Crippen LogP contribution in [-0.4, -0.2) is 5.91 Å². The van der Waals surface area contributed by atoms with E-state index >= 15 is 0 Å². The predicted octanol–water partition coefficient (Wildman–Crippen LogP) is 3.90. The fourth-order valence-electron chi connectivity index (χ4n) is 1.97. The molecule has 4 heteroatoms. The summed E-state index contributed by atoms with van der Waals surface area (Å²) in [4.78, 5) is 11.9. The molecule has 0 spiro atoms. The van der Waals surface area contributed by atoms with Crippen LogP contribution in [-0.2, 0) is 11.2 Å². The standard InChI is InChI=1S/C16H15ClFNO/c1-11(12-6-4-7-14(17)9-12)19-16(20)10-13-5-2-3-8-15(13)18/h2-9,11H,10H2,1H3,(H,19,20)/t11-/m1/s1. The highest BCUT2D eigenvalue weighted by Crippen LogP contribution is 2.17. The van der Waals surface area contributed by atoms with Crippen LogP contribution in [0.25, 0.3) is 0 Å². The van der Waals surface area contributed by atoms with Crippen LogP contribution < -0.4 is 5.32 Å². The van der Waals surface area contributed by atoms with E-state index in [0.717, 1.165) is 5.56 Å². The summed E-state index contributed by atoms with van der Waals surface area (Å²) in [6.45, 7) is 1.87. The summed E-state index contributed by atoms with van der Waals surface area (Å²) in [6, 6.07) is 13.4. The van der Waals surface area contributed by atoms with E-state index in [4.69, 9.17) is 11.6 Å². The molecule has 0 aliphatic rings. The van der Waals surface area contributed by atoms with Crippen LogP contribution in [0.15, 0.2) is 48.5 Å². The molecule has 104 valence electrons. The fourth-order valence-corrected chi connectivity index (χ4v) is 2.17. The third-order valence-corrected chi connectivity index (χ3v) is 3.27. The van der Waals surface area contributed by atoms with E-state index in [1.165, 1.54) is 6.07 Å². The maximum atomic E-state index is 13.5. The van der Waals surface area contributed by atoms with E-state index in [-0.39, 0.29) is 24.2 Å². The van der Waals surface area contributed by atoms with Crippen molar-refractivity contribution in [2.45, 2.75) is 19.4 Å². The average molecular weight is 292 g/mol. The van der Waals surface area contributed by atoms with Crippen LogP contribution in [0.1, 0.15) is 24.1 Å². The van der Waals surface area contributed by atoms with Crippen molar-refractivity contribution >= 4 is 17.5 Å². The lowest BCUT2D eigenvalue weighted by molar-refractivity contribution is -0.121. The molecule has 1 N–H and O–H groups in total. The number of hydrogen-bond donors (Lipinski definition) is 1.